The van der Waals surface area contributed by atoms with Crippen LogP contribution in [0.25, 0.3) is 16.5 Å². The number of ether oxygens (including phenoxy) is 1. The van der Waals surface area contributed by atoms with Gasteiger partial charge in [0.25, 0.3) is 5.56 Å². The molecule has 0 spiro atoms. The summed E-state index contributed by atoms with van der Waals surface area (Å²) in [6.45, 7) is 3.47. The van der Waals surface area contributed by atoms with Gasteiger partial charge < -0.3 is 4.74 Å². The molecule has 0 N–H and O–H groups in total. The van der Waals surface area contributed by atoms with E-state index < -0.39 is 5.97 Å². The molecule has 0 bridgehead atoms. The van der Waals surface area contributed by atoms with Crippen molar-refractivity contribution in [1.82, 2.24) is 9.55 Å². The third kappa shape index (κ3) is 2.57. The SMILES string of the molecule is COC(=O)c1c(C)nc(C)c2c(=O)n(-c3cccc(Cl)c3)ccc12. The number of hydrogen-bond donors (Lipinski definition) is 0. The molecule has 0 saturated carbocycles. The van der Waals surface area contributed by atoms with Gasteiger partial charge in [0.1, 0.15) is 0 Å². The normalized spacial score (nSPS) is 10.8. The summed E-state index contributed by atoms with van der Waals surface area (Å²) in [5, 5.41) is 1.46. The van der Waals surface area contributed by atoms with E-state index in [9.17, 15) is 9.59 Å². The summed E-state index contributed by atoms with van der Waals surface area (Å²) >= 11 is 6.01. The summed E-state index contributed by atoms with van der Waals surface area (Å²) in [4.78, 5) is 29.4. The van der Waals surface area contributed by atoms with Crippen LogP contribution in [0, 0.1) is 13.8 Å². The third-order valence-corrected chi connectivity index (χ3v) is 4.13. The number of carbonyl (C=O) groups excluding carboxylic acids is 1. The molecule has 24 heavy (non-hydrogen) atoms. The molecule has 0 atom stereocenters. The molecule has 0 amide bonds. The quantitative estimate of drug-likeness (QED) is 0.669. The highest BCUT2D eigenvalue weighted by molar-refractivity contribution is 6.30. The van der Waals surface area contributed by atoms with Crippen LogP contribution >= 0.6 is 11.6 Å². The Morgan fingerprint density at radius 1 is 1.21 bits per heavy atom. The molecule has 0 radical (unpaired) electrons. The van der Waals surface area contributed by atoms with E-state index in [1.165, 1.54) is 11.7 Å². The molecule has 122 valence electrons. The number of benzene rings is 1. The first kappa shape index (κ1) is 16.2. The number of rotatable bonds is 2. The summed E-state index contributed by atoms with van der Waals surface area (Å²) in [6.07, 6.45) is 1.63. The molecule has 0 aliphatic heterocycles. The molecular weight excluding hydrogens is 328 g/mol. The number of methoxy groups -OCH3 is 1. The van der Waals surface area contributed by atoms with Crippen molar-refractivity contribution in [1.29, 1.82) is 0 Å². The minimum absolute atomic E-state index is 0.259. The van der Waals surface area contributed by atoms with Gasteiger partial charge in [0.05, 0.1) is 35.1 Å². The fraction of sp³-hybridized carbons (Fsp3) is 0.167. The minimum Gasteiger partial charge on any atom is -0.465 e. The lowest BCUT2D eigenvalue weighted by Crippen LogP contribution is -2.20. The molecular formula is C18H15ClN2O3. The van der Waals surface area contributed by atoms with E-state index >= 15 is 0 Å². The Kier molecular flexibility index (Phi) is 4.11. The Hall–Kier alpha value is -2.66. The maximum Gasteiger partial charge on any atom is 0.340 e. The van der Waals surface area contributed by atoms with E-state index in [0.29, 0.717) is 38.4 Å². The van der Waals surface area contributed by atoms with Crippen molar-refractivity contribution in [3.05, 3.63) is 68.9 Å². The van der Waals surface area contributed by atoms with Crippen molar-refractivity contribution in [2.24, 2.45) is 0 Å². The first-order chi connectivity index (χ1) is 11.4. The van der Waals surface area contributed by atoms with E-state index in [-0.39, 0.29) is 5.56 Å². The van der Waals surface area contributed by atoms with E-state index in [4.69, 9.17) is 16.3 Å². The highest BCUT2D eigenvalue weighted by atomic mass is 35.5. The smallest absolute Gasteiger partial charge is 0.340 e. The predicted octanol–water partition coefficient (Wildman–Crippen LogP) is 3.44. The van der Waals surface area contributed by atoms with Crippen LogP contribution in [-0.4, -0.2) is 22.6 Å². The van der Waals surface area contributed by atoms with Crippen molar-refractivity contribution in [2.75, 3.05) is 7.11 Å². The van der Waals surface area contributed by atoms with Gasteiger partial charge in [0.15, 0.2) is 0 Å². The van der Waals surface area contributed by atoms with Crippen LogP contribution in [0.5, 0.6) is 0 Å². The highest BCUT2D eigenvalue weighted by Crippen LogP contribution is 2.23. The maximum atomic E-state index is 13.0. The van der Waals surface area contributed by atoms with Crippen LogP contribution in [0.4, 0.5) is 0 Å². The molecule has 2 aromatic heterocycles. The zero-order chi connectivity index (χ0) is 17.4. The highest BCUT2D eigenvalue weighted by Gasteiger charge is 2.19. The second-order valence-corrected chi connectivity index (χ2v) is 5.85. The van der Waals surface area contributed by atoms with E-state index in [1.54, 1.807) is 50.4 Å². The average Bonchev–Trinajstić information content (AvgIpc) is 2.54. The number of esters is 1. The van der Waals surface area contributed by atoms with Crippen molar-refractivity contribution >= 4 is 28.3 Å². The van der Waals surface area contributed by atoms with Gasteiger partial charge >= 0.3 is 5.97 Å². The zero-order valence-corrected chi connectivity index (χ0v) is 14.2. The van der Waals surface area contributed by atoms with Crippen molar-refractivity contribution in [3.63, 3.8) is 0 Å². The Morgan fingerprint density at radius 2 is 1.96 bits per heavy atom. The third-order valence-electron chi connectivity index (χ3n) is 3.90. The molecule has 1 aromatic carbocycles. The van der Waals surface area contributed by atoms with Gasteiger partial charge in [-0.1, -0.05) is 17.7 Å². The number of carbonyl (C=O) groups is 1. The first-order valence-corrected chi connectivity index (χ1v) is 7.68. The monoisotopic (exact) mass is 342 g/mol. The topological polar surface area (TPSA) is 61.2 Å². The maximum absolute atomic E-state index is 13.0. The Labute approximate surface area is 143 Å². The van der Waals surface area contributed by atoms with Gasteiger partial charge in [0, 0.05) is 16.6 Å². The van der Waals surface area contributed by atoms with Gasteiger partial charge in [-0.05, 0) is 38.1 Å². The molecule has 0 aliphatic rings. The van der Waals surface area contributed by atoms with Gasteiger partial charge in [-0.2, -0.15) is 0 Å². The van der Waals surface area contributed by atoms with E-state index in [0.717, 1.165) is 0 Å². The molecule has 0 aliphatic carbocycles. The lowest BCUT2D eigenvalue weighted by molar-refractivity contribution is 0.0601. The Morgan fingerprint density at radius 3 is 2.62 bits per heavy atom. The standard InChI is InChI=1S/C18H15ClN2O3/c1-10-15-14(16(11(2)20-10)18(23)24-3)7-8-21(17(15)22)13-6-4-5-12(19)9-13/h4-9H,1-3H3. The summed E-state index contributed by atoms with van der Waals surface area (Å²) in [7, 11) is 1.31. The van der Waals surface area contributed by atoms with Gasteiger partial charge in [-0.25, -0.2) is 4.79 Å². The lowest BCUT2D eigenvalue weighted by Gasteiger charge is -2.13. The molecule has 0 unspecified atom stereocenters. The van der Waals surface area contributed by atoms with E-state index in [1.807, 2.05) is 0 Å². The second kappa shape index (κ2) is 6.09. The molecule has 3 rings (SSSR count). The van der Waals surface area contributed by atoms with Crippen LogP contribution in [0.15, 0.2) is 41.3 Å². The van der Waals surface area contributed by atoms with Crippen molar-refractivity contribution in [3.8, 4) is 5.69 Å². The van der Waals surface area contributed by atoms with Crippen LogP contribution in [0.1, 0.15) is 21.7 Å². The predicted molar refractivity (Wildman–Crippen MR) is 93.2 cm³/mol. The van der Waals surface area contributed by atoms with Crippen LogP contribution in [0.3, 0.4) is 0 Å². The summed E-state index contributed by atoms with van der Waals surface area (Å²) in [5.74, 6) is -0.509. The van der Waals surface area contributed by atoms with Crippen LogP contribution in [-0.2, 0) is 4.74 Å². The largest absolute Gasteiger partial charge is 0.465 e. The van der Waals surface area contributed by atoms with Gasteiger partial charge in [0.2, 0.25) is 0 Å². The fourth-order valence-electron chi connectivity index (χ4n) is 2.84. The number of pyridine rings is 2. The van der Waals surface area contributed by atoms with Crippen molar-refractivity contribution < 1.29 is 9.53 Å². The first-order valence-electron chi connectivity index (χ1n) is 7.31. The second-order valence-electron chi connectivity index (χ2n) is 5.41. The molecule has 0 saturated heterocycles. The molecule has 5 nitrogen and oxygen atoms in total. The van der Waals surface area contributed by atoms with Crippen LogP contribution < -0.4 is 5.56 Å². The van der Waals surface area contributed by atoms with Gasteiger partial charge in [-0.15, -0.1) is 0 Å². The molecule has 0 fully saturated rings. The number of aromatic nitrogens is 2. The van der Waals surface area contributed by atoms with Crippen molar-refractivity contribution in [2.45, 2.75) is 13.8 Å². The number of hydrogen-bond acceptors (Lipinski definition) is 4. The van der Waals surface area contributed by atoms with Crippen LogP contribution in [0.2, 0.25) is 5.02 Å². The molecule has 2 heterocycles. The number of aryl methyl sites for hydroxylation is 2. The average molecular weight is 343 g/mol. The Balaban J connectivity index is 2.38. The summed E-state index contributed by atoms with van der Waals surface area (Å²) < 4.78 is 6.32. The molecule has 3 aromatic rings. The molecule has 6 heteroatoms. The van der Waals surface area contributed by atoms with E-state index in [2.05, 4.69) is 4.98 Å². The number of halogens is 1. The summed E-state index contributed by atoms with van der Waals surface area (Å²) in [6, 6.07) is 8.73. The summed E-state index contributed by atoms with van der Waals surface area (Å²) in [5.41, 5.74) is 1.80. The minimum atomic E-state index is -0.509. The number of nitrogens with zero attached hydrogens (tertiary/aromatic N) is 2. The fourth-order valence-corrected chi connectivity index (χ4v) is 3.03. The Bertz CT molecular complexity index is 1020. The number of fused-ring (bicyclic) bond motifs is 1. The lowest BCUT2D eigenvalue weighted by atomic mass is 10.0. The van der Waals surface area contributed by atoms with Gasteiger partial charge in [-0.3, -0.25) is 14.3 Å². The zero-order valence-electron chi connectivity index (χ0n) is 13.5.